The maximum Gasteiger partial charge on any atom is 0.277 e. The second-order valence-corrected chi connectivity index (χ2v) is 8.40. The number of carbonyl (C=O) groups excluding carboxylic acids is 3. The molecule has 2 aromatic carbocycles. The number of hydrogen-bond acceptors (Lipinski definition) is 5. The summed E-state index contributed by atoms with van der Waals surface area (Å²) in [7, 11) is 0. The molecule has 0 saturated carbocycles. The lowest BCUT2D eigenvalue weighted by atomic mass is 10.0. The van der Waals surface area contributed by atoms with E-state index in [1.54, 1.807) is 24.3 Å². The number of nitrogens with one attached hydrogen (secondary N) is 1. The van der Waals surface area contributed by atoms with Crippen LogP contribution in [0.5, 0.6) is 0 Å². The normalized spacial score (nSPS) is 17.2. The standard InChI is InChI=1S/C26H30N4O3/c1-3-28-15-17-29(18-16-28)24-23(21-9-11-22(12-10-21)27-19(2)31)25(32)30(26(24)33)14-13-20-7-5-4-6-8-20/h4-12H,3,13-18H2,1-2H3,(H,27,31). The van der Waals surface area contributed by atoms with E-state index in [1.165, 1.54) is 11.8 Å². The summed E-state index contributed by atoms with van der Waals surface area (Å²) < 4.78 is 0. The Morgan fingerprint density at radius 3 is 2.18 bits per heavy atom. The van der Waals surface area contributed by atoms with E-state index in [9.17, 15) is 14.4 Å². The van der Waals surface area contributed by atoms with Crippen molar-refractivity contribution in [3.63, 3.8) is 0 Å². The summed E-state index contributed by atoms with van der Waals surface area (Å²) in [6, 6.07) is 17.0. The van der Waals surface area contributed by atoms with Crippen LogP contribution in [0.25, 0.3) is 5.57 Å². The van der Waals surface area contributed by atoms with E-state index in [0.717, 1.165) is 25.2 Å². The summed E-state index contributed by atoms with van der Waals surface area (Å²) >= 11 is 0. The molecule has 0 spiro atoms. The van der Waals surface area contributed by atoms with Crippen molar-refractivity contribution < 1.29 is 14.4 Å². The molecule has 1 N–H and O–H groups in total. The van der Waals surface area contributed by atoms with E-state index >= 15 is 0 Å². The van der Waals surface area contributed by atoms with E-state index in [4.69, 9.17) is 0 Å². The van der Waals surface area contributed by atoms with Crippen molar-refractivity contribution in [2.75, 3.05) is 44.6 Å². The molecular formula is C26H30N4O3. The summed E-state index contributed by atoms with van der Waals surface area (Å²) in [4.78, 5) is 44.2. The second kappa shape index (κ2) is 10.0. The summed E-state index contributed by atoms with van der Waals surface area (Å²) in [6.45, 7) is 8.04. The monoisotopic (exact) mass is 446 g/mol. The molecule has 2 aliphatic rings. The highest BCUT2D eigenvalue weighted by molar-refractivity contribution is 6.35. The number of benzene rings is 2. The molecule has 3 amide bonds. The third-order valence-corrected chi connectivity index (χ3v) is 6.24. The predicted molar refractivity (Wildman–Crippen MR) is 128 cm³/mol. The lowest BCUT2D eigenvalue weighted by Crippen LogP contribution is -2.47. The van der Waals surface area contributed by atoms with Gasteiger partial charge in [0.2, 0.25) is 5.91 Å². The molecule has 7 heteroatoms. The Balaban J connectivity index is 1.63. The van der Waals surface area contributed by atoms with Gasteiger partial charge in [-0.25, -0.2) is 0 Å². The first kappa shape index (κ1) is 22.7. The molecular weight excluding hydrogens is 416 g/mol. The molecule has 1 saturated heterocycles. The fourth-order valence-corrected chi connectivity index (χ4v) is 4.42. The van der Waals surface area contributed by atoms with Crippen LogP contribution in [0.15, 0.2) is 60.3 Å². The maximum atomic E-state index is 13.5. The van der Waals surface area contributed by atoms with E-state index in [0.29, 0.717) is 48.6 Å². The third kappa shape index (κ3) is 4.98. The van der Waals surface area contributed by atoms with Crippen LogP contribution in [0.4, 0.5) is 5.69 Å². The van der Waals surface area contributed by atoms with Crippen LogP contribution in [0, 0.1) is 0 Å². The van der Waals surface area contributed by atoms with Gasteiger partial charge >= 0.3 is 0 Å². The van der Waals surface area contributed by atoms with Gasteiger partial charge in [-0.05, 0) is 36.2 Å². The number of piperazine rings is 1. The summed E-state index contributed by atoms with van der Waals surface area (Å²) in [5, 5.41) is 2.74. The molecule has 33 heavy (non-hydrogen) atoms. The zero-order valence-corrected chi connectivity index (χ0v) is 19.2. The van der Waals surface area contributed by atoms with Gasteiger partial charge in [-0.15, -0.1) is 0 Å². The topological polar surface area (TPSA) is 73.0 Å². The molecule has 2 aliphatic heterocycles. The van der Waals surface area contributed by atoms with Crippen molar-refractivity contribution in [3.05, 3.63) is 71.4 Å². The number of amides is 3. The first-order chi connectivity index (χ1) is 16.0. The smallest absolute Gasteiger partial charge is 0.277 e. The predicted octanol–water partition coefficient (Wildman–Crippen LogP) is 2.61. The van der Waals surface area contributed by atoms with Crippen LogP contribution in [0.2, 0.25) is 0 Å². The van der Waals surface area contributed by atoms with Gasteiger partial charge in [0, 0.05) is 45.3 Å². The lowest BCUT2D eigenvalue weighted by molar-refractivity contribution is -0.137. The van der Waals surface area contributed by atoms with Gasteiger partial charge in [-0.1, -0.05) is 49.4 Å². The summed E-state index contributed by atoms with van der Waals surface area (Å²) in [5.74, 6) is -0.631. The van der Waals surface area contributed by atoms with Crippen LogP contribution in [0.1, 0.15) is 25.0 Å². The number of carbonyl (C=O) groups is 3. The molecule has 0 aromatic heterocycles. The zero-order chi connectivity index (χ0) is 23.4. The molecule has 0 bridgehead atoms. The third-order valence-electron chi connectivity index (χ3n) is 6.24. The van der Waals surface area contributed by atoms with Crippen molar-refractivity contribution in [1.82, 2.24) is 14.7 Å². The molecule has 172 valence electrons. The Labute approximate surface area is 194 Å². The van der Waals surface area contributed by atoms with Crippen molar-refractivity contribution >= 4 is 29.0 Å². The molecule has 1 fully saturated rings. The first-order valence-corrected chi connectivity index (χ1v) is 11.5. The fraction of sp³-hybridized carbons (Fsp3) is 0.346. The highest BCUT2D eigenvalue weighted by atomic mass is 16.2. The van der Waals surface area contributed by atoms with Crippen molar-refractivity contribution in [2.45, 2.75) is 20.3 Å². The van der Waals surface area contributed by atoms with Crippen molar-refractivity contribution in [1.29, 1.82) is 0 Å². The van der Waals surface area contributed by atoms with Crippen molar-refractivity contribution in [3.8, 4) is 0 Å². The minimum Gasteiger partial charge on any atom is -0.364 e. The van der Waals surface area contributed by atoms with Gasteiger partial charge in [0.1, 0.15) is 5.70 Å². The molecule has 0 aliphatic carbocycles. The molecule has 2 aromatic rings. The maximum absolute atomic E-state index is 13.5. The van der Waals surface area contributed by atoms with Gasteiger partial charge in [-0.2, -0.15) is 0 Å². The van der Waals surface area contributed by atoms with Gasteiger partial charge in [0.05, 0.1) is 5.57 Å². The molecule has 7 nitrogen and oxygen atoms in total. The lowest BCUT2D eigenvalue weighted by Gasteiger charge is -2.36. The highest BCUT2D eigenvalue weighted by Gasteiger charge is 2.41. The summed E-state index contributed by atoms with van der Waals surface area (Å²) in [5.41, 5.74) is 3.38. The van der Waals surface area contributed by atoms with Crippen LogP contribution in [-0.2, 0) is 20.8 Å². The minimum atomic E-state index is -0.254. The molecule has 2 heterocycles. The average Bonchev–Trinajstić information content (AvgIpc) is 3.08. The van der Waals surface area contributed by atoms with E-state index in [1.807, 2.05) is 30.3 Å². The molecule has 4 rings (SSSR count). The number of imide groups is 1. The Kier molecular flexibility index (Phi) is 6.89. The number of hydrogen-bond donors (Lipinski definition) is 1. The molecule has 0 unspecified atom stereocenters. The number of anilines is 1. The molecule has 0 radical (unpaired) electrons. The Morgan fingerprint density at radius 1 is 0.909 bits per heavy atom. The molecule has 0 atom stereocenters. The van der Waals surface area contributed by atoms with Crippen LogP contribution < -0.4 is 5.32 Å². The van der Waals surface area contributed by atoms with Crippen LogP contribution in [0.3, 0.4) is 0 Å². The SMILES string of the molecule is CCN1CCN(C2=C(c3ccc(NC(C)=O)cc3)C(=O)N(CCc3ccccc3)C2=O)CC1. The van der Waals surface area contributed by atoms with E-state index in [2.05, 4.69) is 22.0 Å². The zero-order valence-electron chi connectivity index (χ0n) is 19.2. The first-order valence-electron chi connectivity index (χ1n) is 11.5. The number of rotatable bonds is 7. The largest absolute Gasteiger partial charge is 0.364 e. The van der Waals surface area contributed by atoms with Gasteiger partial charge in [0.25, 0.3) is 11.8 Å². The fourth-order valence-electron chi connectivity index (χ4n) is 4.42. The second-order valence-electron chi connectivity index (χ2n) is 8.40. The van der Waals surface area contributed by atoms with E-state index in [-0.39, 0.29) is 17.7 Å². The van der Waals surface area contributed by atoms with E-state index < -0.39 is 0 Å². The number of nitrogens with zero attached hydrogens (tertiary/aromatic N) is 3. The van der Waals surface area contributed by atoms with Crippen molar-refractivity contribution in [2.24, 2.45) is 0 Å². The van der Waals surface area contributed by atoms with Gasteiger partial charge in [-0.3, -0.25) is 19.3 Å². The van der Waals surface area contributed by atoms with Gasteiger partial charge in [0.15, 0.2) is 0 Å². The average molecular weight is 447 g/mol. The quantitative estimate of drug-likeness (QED) is 0.662. The Morgan fingerprint density at radius 2 is 1.58 bits per heavy atom. The summed E-state index contributed by atoms with van der Waals surface area (Å²) in [6.07, 6.45) is 0.615. The highest BCUT2D eigenvalue weighted by Crippen LogP contribution is 2.33. The minimum absolute atomic E-state index is 0.157. The number of likely N-dealkylation sites (N-methyl/N-ethyl adjacent to an activating group) is 1. The Hall–Kier alpha value is -3.45. The van der Waals surface area contributed by atoms with Crippen LogP contribution >= 0.6 is 0 Å². The Bertz CT molecular complexity index is 1050. The van der Waals surface area contributed by atoms with Crippen LogP contribution in [-0.4, -0.2) is 71.7 Å². The van der Waals surface area contributed by atoms with Gasteiger partial charge < -0.3 is 15.1 Å².